The number of halogens is 1. The Hall–Kier alpha value is -4.17. The van der Waals surface area contributed by atoms with Gasteiger partial charge in [-0.3, -0.25) is 4.79 Å². The number of fused-ring (bicyclic) bond motifs is 3. The van der Waals surface area contributed by atoms with Crippen LogP contribution < -0.4 is 15.7 Å². The summed E-state index contributed by atoms with van der Waals surface area (Å²) in [6.45, 7) is 4.02. The Bertz CT molecular complexity index is 1620. The fourth-order valence-corrected chi connectivity index (χ4v) is 3.90. The van der Waals surface area contributed by atoms with Crippen molar-refractivity contribution in [3.63, 3.8) is 0 Å². The van der Waals surface area contributed by atoms with E-state index in [-0.39, 0.29) is 24.0 Å². The molecular formula is C26H22ClN5O3. The molecule has 0 saturated heterocycles. The van der Waals surface area contributed by atoms with Gasteiger partial charge in [0.15, 0.2) is 0 Å². The average molecular weight is 488 g/mol. The van der Waals surface area contributed by atoms with Crippen molar-refractivity contribution in [2.75, 3.05) is 0 Å². The number of nitrogens with zero attached hydrogens (tertiary/aromatic N) is 4. The largest absolute Gasteiger partial charge is 0.436 e. The molecule has 0 unspecified atom stereocenters. The van der Waals surface area contributed by atoms with Crippen LogP contribution in [0.4, 0.5) is 0 Å². The Morgan fingerprint density at radius 2 is 1.80 bits per heavy atom. The minimum absolute atomic E-state index is 0.190. The first-order valence-electron chi connectivity index (χ1n) is 11.0. The quantitative estimate of drug-likeness (QED) is 0.383. The molecule has 0 bridgehead atoms. The Morgan fingerprint density at radius 3 is 2.60 bits per heavy atom. The third kappa shape index (κ3) is 4.48. The molecule has 0 fully saturated rings. The molecule has 2 heterocycles. The number of amides is 1. The third-order valence-corrected chi connectivity index (χ3v) is 6.09. The van der Waals surface area contributed by atoms with Gasteiger partial charge in [0, 0.05) is 11.6 Å². The maximum absolute atomic E-state index is 13.3. The molecular weight excluding hydrogens is 466 g/mol. The van der Waals surface area contributed by atoms with Gasteiger partial charge >= 0.3 is 5.69 Å². The number of benzene rings is 3. The third-order valence-electron chi connectivity index (χ3n) is 5.83. The number of carbonyl (C=O) groups excluding carboxylic acids is 1. The van der Waals surface area contributed by atoms with Gasteiger partial charge in [0.1, 0.15) is 12.3 Å². The van der Waals surface area contributed by atoms with Crippen molar-refractivity contribution in [2.45, 2.75) is 26.9 Å². The van der Waals surface area contributed by atoms with E-state index >= 15 is 0 Å². The molecule has 1 N–H and O–H groups in total. The van der Waals surface area contributed by atoms with Gasteiger partial charge in [-0.05, 0) is 60.9 Å². The fraction of sp³-hybridized carbons (Fsp3) is 0.154. The molecule has 176 valence electrons. The van der Waals surface area contributed by atoms with Crippen molar-refractivity contribution in [1.82, 2.24) is 24.5 Å². The molecule has 35 heavy (non-hydrogen) atoms. The lowest BCUT2D eigenvalue weighted by atomic mass is 10.1. The van der Waals surface area contributed by atoms with Crippen LogP contribution in [0.5, 0.6) is 11.6 Å². The van der Waals surface area contributed by atoms with Crippen LogP contribution in [-0.4, -0.2) is 25.1 Å². The van der Waals surface area contributed by atoms with Crippen molar-refractivity contribution < 1.29 is 9.53 Å². The summed E-state index contributed by atoms with van der Waals surface area (Å²) in [5.41, 5.74) is 3.86. The first-order valence-corrected chi connectivity index (χ1v) is 11.4. The predicted molar refractivity (Wildman–Crippen MR) is 134 cm³/mol. The summed E-state index contributed by atoms with van der Waals surface area (Å²) in [5.74, 6) is 0.465. The number of aryl methyl sites for hydroxylation is 1. The second-order valence-electron chi connectivity index (χ2n) is 8.21. The average Bonchev–Trinajstić information content (AvgIpc) is 3.18. The van der Waals surface area contributed by atoms with E-state index in [1.807, 2.05) is 56.3 Å². The van der Waals surface area contributed by atoms with Gasteiger partial charge in [0.05, 0.1) is 11.0 Å². The van der Waals surface area contributed by atoms with Crippen molar-refractivity contribution >= 4 is 34.2 Å². The summed E-state index contributed by atoms with van der Waals surface area (Å²) < 4.78 is 8.69. The monoisotopic (exact) mass is 487 g/mol. The first-order chi connectivity index (χ1) is 16.9. The molecule has 0 spiro atoms. The standard InChI is InChI=1S/C26H22ClN5O3/c1-16-6-5-9-22(17(16)2)35-25-24-30-31(15-23(33)28-14-18-10-12-19(27)13-11-18)26(34)32(24)21-8-4-3-7-20(21)29-25/h3-13H,14-15H2,1-2H3,(H,28,33). The number of carbonyl (C=O) groups is 1. The van der Waals surface area contributed by atoms with Gasteiger partial charge in [-0.2, -0.15) is 0 Å². The highest BCUT2D eigenvalue weighted by Gasteiger charge is 2.19. The molecule has 3 aromatic carbocycles. The lowest BCUT2D eigenvalue weighted by Crippen LogP contribution is -2.32. The van der Waals surface area contributed by atoms with Crippen LogP contribution in [0.3, 0.4) is 0 Å². The van der Waals surface area contributed by atoms with Crippen LogP contribution in [0.25, 0.3) is 16.7 Å². The molecule has 0 saturated carbocycles. The van der Waals surface area contributed by atoms with E-state index in [0.29, 0.717) is 28.4 Å². The minimum Gasteiger partial charge on any atom is -0.436 e. The minimum atomic E-state index is -0.453. The molecule has 0 aliphatic carbocycles. The van der Waals surface area contributed by atoms with Crippen molar-refractivity contribution in [3.05, 3.63) is 98.9 Å². The molecule has 0 aliphatic rings. The van der Waals surface area contributed by atoms with Crippen LogP contribution >= 0.6 is 11.6 Å². The number of rotatable bonds is 6. The Balaban J connectivity index is 1.50. The predicted octanol–water partition coefficient (Wildman–Crippen LogP) is 4.42. The zero-order valence-electron chi connectivity index (χ0n) is 19.2. The number of para-hydroxylation sites is 2. The first kappa shape index (κ1) is 22.6. The van der Waals surface area contributed by atoms with Gasteiger partial charge in [-0.1, -0.05) is 48.0 Å². The maximum atomic E-state index is 13.3. The topological polar surface area (TPSA) is 90.5 Å². The molecule has 0 radical (unpaired) electrons. The van der Waals surface area contributed by atoms with Gasteiger partial charge in [0.2, 0.25) is 11.6 Å². The van der Waals surface area contributed by atoms with Crippen LogP contribution in [0.1, 0.15) is 16.7 Å². The number of hydrogen-bond donors (Lipinski definition) is 1. The molecule has 9 heteroatoms. The van der Waals surface area contributed by atoms with Crippen LogP contribution in [-0.2, 0) is 17.9 Å². The summed E-state index contributed by atoms with van der Waals surface area (Å²) >= 11 is 5.91. The maximum Gasteiger partial charge on any atom is 0.351 e. The number of aromatic nitrogens is 4. The van der Waals surface area contributed by atoms with E-state index in [9.17, 15) is 9.59 Å². The molecule has 0 atom stereocenters. The highest BCUT2D eigenvalue weighted by Crippen LogP contribution is 2.29. The van der Waals surface area contributed by atoms with Crippen LogP contribution in [0, 0.1) is 13.8 Å². The summed E-state index contributed by atoms with van der Waals surface area (Å²) in [4.78, 5) is 30.5. The van der Waals surface area contributed by atoms with Gasteiger partial charge < -0.3 is 10.1 Å². The lowest BCUT2D eigenvalue weighted by Gasteiger charge is -2.11. The van der Waals surface area contributed by atoms with E-state index in [4.69, 9.17) is 16.3 Å². The van der Waals surface area contributed by atoms with E-state index in [0.717, 1.165) is 21.4 Å². The summed E-state index contributed by atoms with van der Waals surface area (Å²) in [7, 11) is 0. The fourth-order valence-electron chi connectivity index (χ4n) is 3.78. The smallest absolute Gasteiger partial charge is 0.351 e. The molecule has 2 aromatic heterocycles. The number of hydrogen-bond acceptors (Lipinski definition) is 5. The second-order valence-corrected chi connectivity index (χ2v) is 8.64. The molecule has 5 aromatic rings. The van der Waals surface area contributed by atoms with Gasteiger partial charge in [-0.25, -0.2) is 18.9 Å². The van der Waals surface area contributed by atoms with Crippen LogP contribution in [0.2, 0.25) is 5.02 Å². The molecule has 8 nitrogen and oxygen atoms in total. The van der Waals surface area contributed by atoms with Crippen molar-refractivity contribution in [1.29, 1.82) is 0 Å². The Kier molecular flexibility index (Phi) is 5.96. The van der Waals surface area contributed by atoms with E-state index < -0.39 is 5.69 Å². The molecule has 5 rings (SSSR count). The Labute approximate surface area is 205 Å². The normalized spacial score (nSPS) is 11.2. The second kappa shape index (κ2) is 9.23. The summed E-state index contributed by atoms with van der Waals surface area (Å²) in [6.07, 6.45) is 0. The van der Waals surface area contributed by atoms with Gasteiger partial charge in [-0.15, -0.1) is 5.10 Å². The van der Waals surface area contributed by atoms with E-state index in [1.54, 1.807) is 24.3 Å². The van der Waals surface area contributed by atoms with E-state index in [2.05, 4.69) is 15.4 Å². The summed E-state index contributed by atoms with van der Waals surface area (Å²) in [5, 5.41) is 7.85. The number of nitrogens with one attached hydrogen (secondary N) is 1. The van der Waals surface area contributed by atoms with Crippen LogP contribution in [0.15, 0.2) is 71.5 Å². The Morgan fingerprint density at radius 1 is 1.03 bits per heavy atom. The molecule has 1 amide bonds. The lowest BCUT2D eigenvalue weighted by molar-refractivity contribution is -0.122. The zero-order chi connectivity index (χ0) is 24.5. The highest BCUT2D eigenvalue weighted by atomic mass is 35.5. The van der Waals surface area contributed by atoms with Crippen molar-refractivity contribution in [2.24, 2.45) is 0 Å². The molecule has 0 aliphatic heterocycles. The van der Waals surface area contributed by atoms with Gasteiger partial charge in [0.25, 0.3) is 5.88 Å². The number of ether oxygens (including phenoxy) is 1. The zero-order valence-corrected chi connectivity index (χ0v) is 19.9. The SMILES string of the molecule is Cc1cccc(Oc2nc3ccccc3n3c(=O)n(CC(=O)NCc4ccc(Cl)cc4)nc23)c1C. The highest BCUT2D eigenvalue weighted by molar-refractivity contribution is 6.30. The summed E-state index contributed by atoms with van der Waals surface area (Å²) in [6, 6.07) is 20.1. The van der Waals surface area contributed by atoms with Crippen molar-refractivity contribution in [3.8, 4) is 11.6 Å². The van der Waals surface area contributed by atoms with E-state index in [1.165, 1.54) is 4.40 Å².